The highest BCUT2D eigenvalue weighted by atomic mass is 16.4. The fraction of sp³-hybridized carbons (Fsp3) is 0.0909. The number of carboxylic acids is 1. The zero-order valence-corrected chi connectivity index (χ0v) is 9.10. The number of anilines is 3. The van der Waals surface area contributed by atoms with E-state index < -0.39 is 5.97 Å². The van der Waals surface area contributed by atoms with Crippen LogP contribution in [0.4, 0.5) is 17.4 Å². The summed E-state index contributed by atoms with van der Waals surface area (Å²) in [7, 11) is 0. The van der Waals surface area contributed by atoms with Gasteiger partial charge in [0.2, 0.25) is 5.76 Å². The molecular weight excluding hydrogens is 222 g/mol. The van der Waals surface area contributed by atoms with E-state index in [-0.39, 0.29) is 11.8 Å². The highest BCUT2D eigenvalue weighted by molar-refractivity contribution is 5.84. The van der Waals surface area contributed by atoms with Crippen molar-refractivity contribution in [1.29, 1.82) is 0 Å². The average molecular weight is 233 g/mol. The summed E-state index contributed by atoms with van der Waals surface area (Å²) in [6.07, 6.45) is 1.15. The Bertz CT molecular complexity index is 563. The van der Waals surface area contributed by atoms with Crippen molar-refractivity contribution in [3.8, 4) is 0 Å². The van der Waals surface area contributed by atoms with Gasteiger partial charge in [-0.1, -0.05) is 6.07 Å². The number of rotatable bonds is 3. The molecule has 0 bridgehead atoms. The van der Waals surface area contributed by atoms with E-state index in [0.29, 0.717) is 5.69 Å². The van der Waals surface area contributed by atoms with Gasteiger partial charge in [-0.2, -0.15) is 0 Å². The third kappa shape index (κ3) is 2.36. The Kier molecular flexibility index (Phi) is 2.70. The summed E-state index contributed by atoms with van der Waals surface area (Å²) < 4.78 is 4.98. The van der Waals surface area contributed by atoms with Gasteiger partial charge in [-0.15, -0.1) is 0 Å². The topological polar surface area (TPSA) is 101 Å². The number of nitrogens with one attached hydrogen (secondary N) is 1. The number of hydrogen-bond acceptors (Lipinski definition) is 5. The molecule has 17 heavy (non-hydrogen) atoms. The maximum Gasteiger partial charge on any atom is 0.373 e. The van der Waals surface area contributed by atoms with Gasteiger partial charge < -0.3 is 20.6 Å². The van der Waals surface area contributed by atoms with Crippen LogP contribution in [-0.4, -0.2) is 16.1 Å². The molecule has 1 heterocycles. The Hall–Kier alpha value is -2.50. The van der Waals surface area contributed by atoms with Crippen molar-refractivity contribution in [2.75, 3.05) is 11.1 Å². The fourth-order valence-electron chi connectivity index (χ4n) is 1.32. The predicted molar refractivity (Wildman–Crippen MR) is 62.3 cm³/mol. The van der Waals surface area contributed by atoms with Crippen LogP contribution in [0.3, 0.4) is 0 Å². The zero-order chi connectivity index (χ0) is 12.4. The van der Waals surface area contributed by atoms with Gasteiger partial charge >= 0.3 is 5.97 Å². The van der Waals surface area contributed by atoms with Crippen LogP contribution in [0.15, 0.2) is 28.8 Å². The summed E-state index contributed by atoms with van der Waals surface area (Å²) in [6, 6.07) is 5.47. The van der Waals surface area contributed by atoms with Gasteiger partial charge in [-0.25, -0.2) is 9.78 Å². The van der Waals surface area contributed by atoms with E-state index in [4.69, 9.17) is 15.3 Å². The van der Waals surface area contributed by atoms with Crippen LogP contribution >= 0.6 is 0 Å². The van der Waals surface area contributed by atoms with Crippen molar-refractivity contribution >= 4 is 23.4 Å². The molecule has 6 nitrogen and oxygen atoms in total. The van der Waals surface area contributed by atoms with E-state index in [0.717, 1.165) is 17.4 Å². The van der Waals surface area contributed by atoms with Gasteiger partial charge in [0, 0.05) is 11.4 Å². The number of carbonyl (C=O) groups is 1. The Morgan fingerprint density at radius 3 is 2.94 bits per heavy atom. The molecule has 0 radical (unpaired) electrons. The molecule has 0 fully saturated rings. The smallest absolute Gasteiger partial charge is 0.373 e. The third-order valence-electron chi connectivity index (χ3n) is 2.22. The van der Waals surface area contributed by atoms with E-state index in [1.807, 2.05) is 13.0 Å². The second-order valence-electron chi connectivity index (χ2n) is 3.53. The molecule has 0 saturated carbocycles. The minimum atomic E-state index is -1.16. The molecule has 2 rings (SSSR count). The molecule has 0 aliphatic heterocycles. The van der Waals surface area contributed by atoms with Crippen LogP contribution < -0.4 is 11.1 Å². The molecule has 0 amide bonds. The summed E-state index contributed by atoms with van der Waals surface area (Å²) in [5.74, 6) is -1.37. The zero-order valence-electron chi connectivity index (χ0n) is 9.10. The van der Waals surface area contributed by atoms with Crippen molar-refractivity contribution in [1.82, 2.24) is 4.98 Å². The summed E-state index contributed by atoms with van der Waals surface area (Å²) in [4.78, 5) is 14.4. The molecule has 2 aromatic rings. The largest absolute Gasteiger partial charge is 0.475 e. The van der Waals surface area contributed by atoms with E-state index in [2.05, 4.69) is 10.3 Å². The average Bonchev–Trinajstić information content (AvgIpc) is 2.72. The third-order valence-corrected chi connectivity index (χ3v) is 2.22. The molecule has 1 aromatic heterocycles. The first-order valence-electron chi connectivity index (χ1n) is 4.88. The van der Waals surface area contributed by atoms with Crippen molar-refractivity contribution < 1.29 is 14.3 Å². The van der Waals surface area contributed by atoms with E-state index in [9.17, 15) is 4.79 Å². The molecule has 0 spiro atoms. The Balaban J connectivity index is 2.25. The number of aromatic carboxylic acids is 1. The summed E-state index contributed by atoms with van der Waals surface area (Å²) in [6.45, 7) is 1.89. The lowest BCUT2D eigenvalue weighted by atomic mass is 10.2. The van der Waals surface area contributed by atoms with Gasteiger partial charge in [0.15, 0.2) is 0 Å². The van der Waals surface area contributed by atoms with Crippen LogP contribution in [0, 0.1) is 6.92 Å². The maximum absolute atomic E-state index is 10.6. The molecule has 1 aromatic carbocycles. The molecule has 0 saturated heterocycles. The number of benzene rings is 1. The lowest BCUT2D eigenvalue weighted by molar-refractivity contribution is 0.0663. The van der Waals surface area contributed by atoms with Gasteiger partial charge in [0.1, 0.15) is 0 Å². The number of nitrogens with zero attached hydrogens (tertiary/aromatic N) is 1. The second-order valence-corrected chi connectivity index (χ2v) is 3.53. The van der Waals surface area contributed by atoms with Crippen LogP contribution in [0.25, 0.3) is 0 Å². The van der Waals surface area contributed by atoms with Crippen LogP contribution in [0.5, 0.6) is 0 Å². The highest BCUT2D eigenvalue weighted by Crippen LogP contribution is 2.22. The van der Waals surface area contributed by atoms with Crippen molar-refractivity contribution in [3.63, 3.8) is 0 Å². The van der Waals surface area contributed by atoms with E-state index >= 15 is 0 Å². The SMILES string of the molecule is Cc1ccc(N)cc1Nc1ncc(C(=O)O)o1. The van der Waals surface area contributed by atoms with Crippen molar-refractivity contribution in [3.05, 3.63) is 35.7 Å². The number of aromatic nitrogens is 1. The van der Waals surface area contributed by atoms with Gasteiger partial charge in [-0.3, -0.25) is 0 Å². The van der Waals surface area contributed by atoms with E-state index in [1.165, 1.54) is 0 Å². The highest BCUT2D eigenvalue weighted by Gasteiger charge is 2.11. The Labute approximate surface area is 97.1 Å². The van der Waals surface area contributed by atoms with Crippen LogP contribution in [0.2, 0.25) is 0 Å². The standard InChI is InChI=1S/C11H11N3O3/c1-6-2-3-7(12)4-8(6)14-11-13-5-9(17-11)10(15)16/h2-5H,12H2,1H3,(H,13,14)(H,15,16). The quantitative estimate of drug-likeness (QED) is 0.701. The lowest BCUT2D eigenvalue weighted by Gasteiger charge is -2.06. The summed E-state index contributed by atoms with van der Waals surface area (Å²) in [5.41, 5.74) is 7.93. The maximum atomic E-state index is 10.6. The van der Waals surface area contributed by atoms with Crippen LogP contribution in [0.1, 0.15) is 16.1 Å². The molecule has 4 N–H and O–H groups in total. The molecular formula is C11H11N3O3. The van der Waals surface area contributed by atoms with Crippen molar-refractivity contribution in [2.24, 2.45) is 0 Å². The molecule has 88 valence electrons. The predicted octanol–water partition coefficient (Wildman–Crippen LogP) is 2.01. The first-order chi connectivity index (χ1) is 8.06. The van der Waals surface area contributed by atoms with E-state index in [1.54, 1.807) is 12.1 Å². The van der Waals surface area contributed by atoms with Gasteiger partial charge in [0.25, 0.3) is 6.01 Å². The molecule has 0 unspecified atom stereocenters. The monoisotopic (exact) mass is 233 g/mol. The number of nitrogen functional groups attached to an aromatic ring is 1. The molecule has 0 aliphatic carbocycles. The molecule has 0 atom stereocenters. The first kappa shape index (κ1) is 11.0. The number of nitrogens with two attached hydrogens (primary N) is 1. The number of hydrogen-bond donors (Lipinski definition) is 3. The Morgan fingerprint density at radius 1 is 1.53 bits per heavy atom. The number of aryl methyl sites for hydroxylation is 1. The Morgan fingerprint density at radius 2 is 2.29 bits per heavy atom. The lowest BCUT2D eigenvalue weighted by Crippen LogP contribution is -1.95. The summed E-state index contributed by atoms with van der Waals surface area (Å²) >= 11 is 0. The first-order valence-corrected chi connectivity index (χ1v) is 4.88. The molecule has 0 aliphatic rings. The van der Waals surface area contributed by atoms with Crippen molar-refractivity contribution in [2.45, 2.75) is 6.92 Å². The molecule has 6 heteroatoms. The summed E-state index contributed by atoms with van der Waals surface area (Å²) in [5, 5.41) is 11.5. The number of oxazole rings is 1. The normalized spacial score (nSPS) is 10.2. The van der Waals surface area contributed by atoms with Gasteiger partial charge in [-0.05, 0) is 24.6 Å². The second kappa shape index (κ2) is 4.17. The number of carboxylic acid groups (broad SMARTS) is 1. The minimum absolute atomic E-state index is 0.121. The van der Waals surface area contributed by atoms with Gasteiger partial charge in [0.05, 0.1) is 6.20 Å². The van der Waals surface area contributed by atoms with Crippen LogP contribution in [-0.2, 0) is 0 Å². The minimum Gasteiger partial charge on any atom is -0.475 e. The fourth-order valence-corrected chi connectivity index (χ4v) is 1.32.